The maximum absolute atomic E-state index is 12.7. The molecule has 0 saturated carbocycles. The normalized spacial score (nSPS) is 12.2. The number of nitrogens with one attached hydrogen (secondary N) is 1. The number of aromatic hydroxyl groups is 1. The van der Waals surface area contributed by atoms with Gasteiger partial charge in [0, 0.05) is 35.2 Å². The van der Waals surface area contributed by atoms with Gasteiger partial charge in [-0.05, 0) is 28.5 Å². The van der Waals surface area contributed by atoms with Crippen LogP contribution < -0.4 is 5.43 Å². The van der Waals surface area contributed by atoms with Crippen LogP contribution in [0.15, 0.2) is 84.2 Å². The van der Waals surface area contributed by atoms with Crippen molar-refractivity contribution >= 4 is 12.1 Å². The Morgan fingerprint density at radius 2 is 1.44 bits per heavy atom. The summed E-state index contributed by atoms with van der Waals surface area (Å²) in [5, 5.41) is 15.2. The lowest BCUT2D eigenvalue weighted by atomic mass is 9.78. The van der Waals surface area contributed by atoms with Crippen LogP contribution >= 0.6 is 0 Å². The van der Waals surface area contributed by atoms with Crippen LogP contribution in [0.25, 0.3) is 22.5 Å². The molecule has 4 rings (SSSR count). The Bertz CT molecular complexity index is 1420. The fraction of sp³-hybridized carbons (Fsp3) is 0.303. The second-order valence-electron chi connectivity index (χ2n) is 11.9. The van der Waals surface area contributed by atoms with Crippen LogP contribution in [0.3, 0.4) is 0 Å². The van der Waals surface area contributed by atoms with Crippen LogP contribution in [0.4, 0.5) is 0 Å². The molecule has 0 atom stereocenters. The van der Waals surface area contributed by atoms with E-state index >= 15 is 0 Å². The van der Waals surface area contributed by atoms with Crippen molar-refractivity contribution in [2.24, 2.45) is 5.10 Å². The summed E-state index contributed by atoms with van der Waals surface area (Å²) in [6.07, 6.45) is 3.68. The van der Waals surface area contributed by atoms with E-state index in [2.05, 4.69) is 69.2 Å². The summed E-state index contributed by atoms with van der Waals surface area (Å²) in [5.41, 5.74) is 8.66. The molecule has 0 aliphatic heterocycles. The molecule has 202 valence electrons. The summed E-state index contributed by atoms with van der Waals surface area (Å²) in [4.78, 5) is 17.4. The highest BCUT2D eigenvalue weighted by Crippen LogP contribution is 2.39. The second kappa shape index (κ2) is 11.3. The largest absolute Gasteiger partial charge is 0.507 e. The van der Waals surface area contributed by atoms with Gasteiger partial charge in [0.2, 0.25) is 5.91 Å². The molecule has 0 unspecified atom stereocenters. The van der Waals surface area contributed by atoms with Crippen molar-refractivity contribution in [3.8, 4) is 28.3 Å². The molecular weight excluding hydrogens is 484 g/mol. The number of phenols is 1. The molecular formula is C33H38N4O2. The summed E-state index contributed by atoms with van der Waals surface area (Å²) in [5.74, 6) is 0.131. The number of aryl methyl sites for hydroxylation is 1. The highest BCUT2D eigenvalue weighted by molar-refractivity contribution is 5.84. The maximum Gasteiger partial charge on any atom is 0.241 e. The monoisotopic (exact) mass is 522 g/mol. The molecule has 0 bridgehead atoms. The van der Waals surface area contributed by atoms with Gasteiger partial charge in [-0.25, -0.2) is 10.4 Å². The van der Waals surface area contributed by atoms with Crippen LogP contribution in [0.2, 0.25) is 0 Å². The number of imidazole rings is 1. The lowest BCUT2D eigenvalue weighted by Gasteiger charge is -2.27. The van der Waals surface area contributed by atoms with Crippen molar-refractivity contribution < 1.29 is 9.90 Å². The molecule has 0 radical (unpaired) electrons. The van der Waals surface area contributed by atoms with E-state index in [0.29, 0.717) is 12.3 Å². The van der Waals surface area contributed by atoms with Gasteiger partial charge < -0.3 is 9.67 Å². The molecule has 0 saturated heterocycles. The first-order valence-corrected chi connectivity index (χ1v) is 13.3. The quantitative estimate of drug-likeness (QED) is 0.201. The minimum Gasteiger partial charge on any atom is -0.507 e. The number of hydrogen-bond acceptors (Lipinski definition) is 4. The molecule has 4 aromatic rings. The number of hydrogen-bond donors (Lipinski definition) is 2. The van der Waals surface area contributed by atoms with Gasteiger partial charge in [-0.3, -0.25) is 4.79 Å². The Kier molecular flexibility index (Phi) is 8.05. The molecule has 2 N–H and O–H groups in total. The van der Waals surface area contributed by atoms with Gasteiger partial charge in [0.05, 0.1) is 23.9 Å². The van der Waals surface area contributed by atoms with Crippen molar-refractivity contribution in [2.75, 3.05) is 0 Å². The Balaban J connectivity index is 1.50. The number of phenolic OH excluding ortho intramolecular Hbond substituents is 1. The third-order valence-electron chi connectivity index (χ3n) is 6.66. The Hall–Kier alpha value is -4.19. The van der Waals surface area contributed by atoms with Gasteiger partial charge in [-0.15, -0.1) is 0 Å². The third-order valence-corrected chi connectivity index (χ3v) is 6.66. The van der Waals surface area contributed by atoms with Crippen LogP contribution in [-0.4, -0.2) is 26.8 Å². The minimum absolute atomic E-state index is 0.189. The molecule has 39 heavy (non-hydrogen) atoms. The van der Waals surface area contributed by atoms with E-state index in [1.54, 1.807) is 12.5 Å². The van der Waals surface area contributed by atoms with E-state index in [0.717, 1.165) is 39.2 Å². The highest BCUT2D eigenvalue weighted by atomic mass is 16.3. The zero-order valence-electron chi connectivity index (χ0n) is 23.7. The summed E-state index contributed by atoms with van der Waals surface area (Å²) in [6.45, 7) is 12.9. The Morgan fingerprint density at radius 1 is 0.897 bits per heavy atom. The lowest BCUT2D eigenvalue weighted by molar-refractivity contribution is -0.121. The van der Waals surface area contributed by atoms with E-state index in [1.165, 1.54) is 0 Å². The van der Waals surface area contributed by atoms with Gasteiger partial charge in [-0.2, -0.15) is 5.10 Å². The number of rotatable bonds is 7. The standard InChI is InChI=1S/C33H38N4O2/c1-32(2,3)26-19-23(20-27(31(26)39)33(4,5)6)21-35-36-28(38)17-18-37-22-34-29(24-13-9-7-10-14-24)30(37)25-15-11-8-12-16-25/h7-16,19-22,39H,17-18H2,1-6H3,(H,36,38)/b35-21+. The van der Waals surface area contributed by atoms with E-state index in [9.17, 15) is 9.90 Å². The summed E-state index contributed by atoms with van der Waals surface area (Å²) in [7, 11) is 0. The van der Waals surface area contributed by atoms with Gasteiger partial charge in [0.15, 0.2) is 0 Å². The second-order valence-corrected chi connectivity index (χ2v) is 11.9. The summed E-state index contributed by atoms with van der Waals surface area (Å²) in [6, 6.07) is 24.0. The third kappa shape index (κ3) is 6.63. The van der Waals surface area contributed by atoms with Crippen LogP contribution in [0, 0.1) is 0 Å². The number of aromatic nitrogens is 2. The number of hydrazone groups is 1. The lowest BCUT2D eigenvalue weighted by Crippen LogP contribution is -2.20. The molecule has 1 amide bonds. The molecule has 0 aliphatic rings. The van der Waals surface area contributed by atoms with E-state index in [4.69, 9.17) is 0 Å². The predicted octanol–water partition coefficient (Wildman–Crippen LogP) is 7.06. The van der Waals surface area contributed by atoms with Gasteiger partial charge >= 0.3 is 0 Å². The van der Waals surface area contributed by atoms with Crippen LogP contribution in [-0.2, 0) is 22.2 Å². The van der Waals surface area contributed by atoms with Gasteiger partial charge in [0.25, 0.3) is 0 Å². The summed E-state index contributed by atoms with van der Waals surface area (Å²) < 4.78 is 2.02. The maximum atomic E-state index is 12.7. The molecule has 0 aliphatic carbocycles. The topological polar surface area (TPSA) is 79.5 Å². The van der Waals surface area contributed by atoms with Crippen molar-refractivity contribution in [1.82, 2.24) is 15.0 Å². The van der Waals surface area contributed by atoms with Crippen LogP contribution in [0.1, 0.15) is 64.7 Å². The van der Waals surface area contributed by atoms with Crippen molar-refractivity contribution in [3.05, 3.63) is 95.8 Å². The van der Waals surface area contributed by atoms with Crippen molar-refractivity contribution in [2.45, 2.75) is 65.3 Å². The fourth-order valence-electron chi connectivity index (χ4n) is 4.59. The van der Waals surface area contributed by atoms with Crippen molar-refractivity contribution in [3.63, 3.8) is 0 Å². The zero-order valence-corrected chi connectivity index (χ0v) is 23.7. The summed E-state index contributed by atoms with van der Waals surface area (Å²) >= 11 is 0. The number of amides is 1. The van der Waals surface area contributed by atoms with E-state index < -0.39 is 0 Å². The smallest absolute Gasteiger partial charge is 0.241 e. The fourth-order valence-corrected chi connectivity index (χ4v) is 4.59. The van der Waals surface area contributed by atoms with Crippen molar-refractivity contribution in [1.29, 1.82) is 0 Å². The van der Waals surface area contributed by atoms with Crippen LogP contribution in [0.5, 0.6) is 5.75 Å². The SMILES string of the molecule is CC(C)(C)c1cc(/C=N/NC(=O)CCn2cnc(-c3ccccc3)c2-c2ccccc2)cc(C(C)(C)C)c1O. The molecule has 3 aromatic carbocycles. The molecule has 6 nitrogen and oxygen atoms in total. The molecule has 0 fully saturated rings. The Labute approximate surface area is 231 Å². The molecule has 1 aromatic heterocycles. The average molecular weight is 523 g/mol. The number of carbonyl (C=O) groups excluding carboxylic acids is 1. The number of nitrogens with zero attached hydrogens (tertiary/aromatic N) is 3. The van der Waals surface area contributed by atoms with Gasteiger partial charge in [-0.1, -0.05) is 102 Å². The minimum atomic E-state index is -0.239. The molecule has 0 spiro atoms. The first-order chi connectivity index (χ1) is 18.4. The Morgan fingerprint density at radius 3 is 1.97 bits per heavy atom. The highest BCUT2D eigenvalue weighted by Gasteiger charge is 2.26. The first kappa shape index (κ1) is 27.8. The predicted molar refractivity (Wildman–Crippen MR) is 159 cm³/mol. The molecule has 6 heteroatoms. The average Bonchev–Trinajstić information content (AvgIpc) is 3.32. The van der Waals surface area contributed by atoms with E-state index in [-0.39, 0.29) is 23.2 Å². The number of benzene rings is 3. The zero-order chi connectivity index (χ0) is 28.2. The molecule has 1 heterocycles. The number of carbonyl (C=O) groups is 1. The van der Waals surface area contributed by atoms with E-state index in [1.807, 2.05) is 65.2 Å². The van der Waals surface area contributed by atoms with Gasteiger partial charge in [0.1, 0.15) is 5.75 Å². The first-order valence-electron chi connectivity index (χ1n) is 13.3.